The van der Waals surface area contributed by atoms with E-state index >= 15 is 0 Å². The molecule has 0 saturated heterocycles. The number of benzene rings is 1. The van der Waals surface area contributed by atoms with Crippen LogP contribution in [0.2, 0.25) is 5.02 Å². The molecule has 5 heteroatoms. The molecule has 1 aromatic rings. The molecule has 0 amide bonds. The second kappa shape index (κ2) is 4.36. The summed E-state index contributed by atoms with van der Waals surface area (Å²) in [5.41, 5.74) is -0.109. The zero-order chi connectivity index (χ0) is 10.9. The molecule has 0 bridgehead atoms. The van der Waals surface area contributed by atoms with Crippen LogP contribution in [0.15, 0.2) is 16.6 Å². The van der Waals surface area contributed by atoms with E-state index in [1.54, 1.807) is 0 Å². The minimum absolute atomic E-state index is 0.108. The summed E-state index contributed by atoms with van der Waals surface area (Å²) in [5.74, 6) is -0.335. The Hall–Kier alpha value is -0.480. The standard InChI is InChI=1S/C9H6BrClF2O/c1-4(14)6-2-5(9(12)13)3-7(10)8(6)11/h2-3,9H,1H3. The summed E-state index contributed by atoms with van der Waals surface area (Å²) in [4.78, 5) is 11.0. The van der Waals surface area contributed by atoms with E-state index in [1.807, 2.05) is 0 Å². The summed E-state index contributed by atoms with van der Waals surface area (Å²) in [6.07, 6.45) is -2.61. The molecule has 1 nitrogen and oxygen atoms in total. The number of halogens is 4. The van der Waals surface area contributed by atoms with Crippen molar-refractivity contribution in [1.29, 1.82) is 0 Å². The molecule has 0 aliphatic carbocycles. The van der Waals surface area contributed by atoms with Gasteiger partial charge in [-0.05, 0) is 35.0 Å². The topological polar surface area (TPSA) is 17.1 Å². The van der Waals surface area contributed by atoms with Crippen LogP contribution in [0.25, 0.3) is 0 Å². The van der Waals surface area contributed by atoms with Gasteiger partial charge in [0.05, 0.1) is 5.02 Å². The molecule has 14 heavy (non-hydrogen) atoms. The molecule has 1 aromatic carbocycles. The van der Waals surface area contributed by atoms with Crippen molar-refractivity contribution in [1.82, 2.24) is 0 Å². The number of hydrogen-bond donors (Lipinski definition) is 0. The highest BCUT2D eigenvalue weighted by molar-refractivity contribution is 9.10. The molecule has 1 rings (SSSR count). The van der Waals surface area contributed by atoms with E-state index in [4.69, 9.17) is 11.6 Å². The molecule has 0 atom stereocenters. The van der Waals surface area contributed by atoms with E-state index in [9.17, 15) is 13.6 Å². The van der Waals surface area contributed by atoms with Crippen LogP contribution in [0.4, 0.5) is 8.78 Å². The Bertz CT molecular complexity index is 379. The van der Waals surface area contributed by atoms with Crippen molar-refractivity contribution in [3.05, 3.63) is 32.8 Å². The quantitative estimate of drug-likeness (QED) is 0.742. The Morgan fingerprint density at radius 3 is 2.50 bits per heavy atom. The second-order valence-electron chi connectivity index (χ2n) is 2.72. The summed E-state index contributed by atoms with van der Waals surface area (Å²) in [6.45, 7) is 1.28. The molecular formula is C9H6BrClF2O. The van der Waals surface area contributed by atoms with Crippen LogP contribution in [-0.2, 0) is 0 Å². The highest BCUT2D eigenvalue weighted by Crippen LogP contribution is 2.32. The maximum atomic E-state index is 12.3. The zero-order valence-electron chi connectivity index (χ0n) is 7.15. The summed E-state index contributed by atoms with van der Waals surface area (Å²) in [7, 11) is 0. The first kappa shape index (κ1) is 11.6. The van der Waals surface area contributed by atoms with Crippen LogP contribution in [0.1, 0.15) is 29.3 Å². The van der Waals surface area contributed by atoms with Gasteiger partial charge in [0.25, 0.3) is 6.43 Å². The van der Waals surface area contributed by atoms with E-state index in [2.05, 4.69) is 15.9 Å². The number of rotatable bonds is 2. The fraction of sp³-hybridized carbons (Fsp3) is 0.222. The molecule has 0 aliphatic rings. The summed E-state index contributed by atoms with van der Waals surface area (Å²) < 4.78 is 25.0. The summed E-state index contributed by atoms with van der Waals surface area (Å²) in [6, 6.07) is 2.32. The highest BCUT2D eigenvalue weighted by Gasteiger charge is 2.15. The maximum Gasteiger partial charge on any atom is 0.263 e. The van der Waals surface area contributed by atoms with Crippen LogP contribution < -0.4 is 0 Å². The smallest absolute Gasteiger partial charge is 0.263 e. The minimum Gasteiger partial charge on any atom is -0.294 e. The largest absolute Gasteiger partial charge is 0.294 e. The number of carbonyl (C=O) groups is 1. The lowest BCUT2D eigenvalue weighted by molar-refractivity contribution is 0.101. The first-order valence-corrected chi connectivity index (χ1v) is 4.88. The van der Waals surface area contributed by atoms with Crippen molar-refractivity contribution < 1.29 is 13.6 Å². The van der Waals surface area contributed by atoms with Gasteiger partial charge in [-0.3, -0.25) is 4.79 Å². The Kier molecular flexibility index (Phi) is 3.61. The molecule has 0 N–H and O–H groups in total. The molecule has 0 spiro atoms. The third-order valence-electron chi connectivity index (χ3n) is 1.68. The molecule has 0 aliphatic heterocycles. The number of ketones is 1. The van der Waals surface area contributed by atoms with Gasteiger partial charge in [-0.25, -0.2) is 8.78 Å². The number of hydrogen-bond acceptors (Lipinski definition) is 1. The van der Waals surface area contributed by atoms with Gasteiger partial charge in [-0.15, -0.1) is 0 Å². The van der Waals surface area contributed by atoms with Gasteiger partial charge in [0.2, 0.25) is 0 Å². The first-order valence-electron chi connectivity index (χ1n) is 3.71. The Balaban J connectivity index is 3.35. The Labute approximate surface area is 93.2 Å². The Morgan fingerprint density at radius 1 is 1.50 bits per heavy atom. The SMILES string of the molecule is CC(=O)c1cc(C(F)F)cc(Br)c1Cl. The number of alkyl halides is 2. The van der Waals surface area contributed by atoms with Gasteiger partial charge >= 0.3 is 0 Å². The van der Waals surface area contributed by atoms with E-state index in [-0.39, 0.29) is 21.9 Å². The van der Waals surface area contributed by atoms with E-state index in [0.717, 1.165) is 6.07 Å². The van der Waals surface area contributed by atoms with E-state index in [0.29, 0.717) is 4.47 Å². The molecular weight excluding hydrogens is 277 g/mol. The first-order chi connectivity index (χ1) is 6.43. The molecule has 76 valence electrons. The van der Waals surface area contributed by atoms with Crippen molar-refractivity contribution in [2.75, 3.05) is 0 Å². The lowest BCUT2D eigenvalue weighted by Gasteiger charge is -2.06. The van der Waals surface area contributed by atoms with Crippen molar-refractivity contribution in [2.45, 2.75) is 13.3 Å². The van der Waals surface area contributed by atoms with Gasteiger partial charge in [-0.1, -0.05) is 11.6 Å². The fourth-order valence-corrected chi connectivity index (χ4v) is 1.71. The minimum atomic E-state index is -2.61. The van der Waals surface area contributed by atoms with Crippen molar-refractivity contribution in [2.24, 2.45) is 0 Å². The zero-order valence-corrected chi connectivity index (χ0v) is 9.49. The van der Waals surface area contributed by atoms with Gasteiger partial charge in [0, 0.05) is 15.6 Å². The van der Waals surface area contributed by atoms with Gasteiger partial charge < -0.3 is 0 Å². The van der Waals surface area contributed by atoms with Crippen molar-refractivity contribution in [3.8, 4) is 0 Å². The average Bonchev–Trinajstić information content (AvgIpc) is 2.08. The predicted molar refractivity (Wildman–Crippen MR) is 54.1 cm³/mol. The highest BCUT2D eigenvalue weighted by atomic mass is 79.9. The van der Waals surface area contributed by atoms with E-state index < -0.39 is 6.43 Å². The summed E-state index contributed by atoms with van der Waals surface area (Å²) in [5, 5.41) is 0.168. The van der Waals surface area contributed by atoms with Crippen molar-refractivity contribution in [3.63, 3.8) is 0 Å². The maximum absolute atomic E-state index is 12.3. The van der Waals surface area contributed by atoms with Gasteiger partial charge in [-0.2, -0.15) is 0 Å². The lowest BCUT2D eigenvalue weighted by atomic mass is 10.1. The monoisotopic (exact) mass is 282 g/mol. The fourth-order valence-electron chi connectivity index (χ4n) is 0.992. The molecule has 0 aromatic heterocycles. The predicted octanol–water partition coefficient (Wildman–Crippen LogP) is 4.24. The third-order valence-corrected chi connectivity index (χ3v) is 2.94. The average molecular weight is 283 g/mol. The lowest BCUT2D eigenvalue weighted by Crippen LogP contribution is -1.97. The number of carbonyl (C=O) groups excluding carboxylic acids is 1. The van der Waals surface area contributed by atoms with Crippen molar-refractivity contribution >= 4 is 33.3 Å². The number of Topliss-reactive ketones (excluding diaryl/α,β-unsaturated/α-hetero) is 1. The van der Waals surface area contributed by atoms with Crippen LogP contribution >= 0.6 is 27.5 Å². The van der Waals surface area contributed by atoms with E-state index in [1.165, 1.54) is 13.0 Å². The van der Waals surface area contributed by atoms with Gasteiger partial charge in [0.15, 0.2) is 5.78 Å². The van der Waals surface area contributed by atoms with Gasteiger partial charge in [0.1, 0.15) is 0 Å². The molecule has 0 fully saturated rings. The van der Waals surface area contributed by atoms with Crippen LogP contribution in [0.3, 0.4) is 0 Å². The van der Waals surface area contributed by atoms with Crippen LogP contribution in [0, 0.1) is 0 Å². The molecule has 0 unspecified atom stereocenters. The van der Waals surface area contributed by atoms with Crippen LogP contribution in [0.5, 0.6) is 0 Å². The molecule has 0 heterocycles. The third kappa shape index (κ3) is 2.30. The second-order valence-corrected chi connectivity index (χ2v) is 3.95. The van der Waals surface area contributed by atoms with Crippen LogP contribution in [-0.4, -0.2) is 5.78 Å². The molecule has 0 saturated carbocycles. The normalized spacial score (nSPS) is 10.7. The molecule has 0 radical (unpaired) electrons. The Morgan fingerprint density at radius 2 is 2.07 bits per heavy atom. The summed E-state index contributed by atoms with van der Waals surface area (Å²) >= 11 is 8.77.